The van der Waals surface area contributed by atoms with Crippen molar-refractivity contribution in [2.75, 3.05) is 0 Å². The maximum absolute atomic E-state index is 13.6. The van der Waals surface area contributed by atoms with E-state index in [-0.39, 0.29) is 11.2 Å². The second kappa shape index (κ2) is 10.5. The van der Waals surface area contributed by atoms with E-state index >= 15 is 0 Å². The van der Waals surface area contributed by atoms with Crippen LogP contribution in [0.3, 0.4) is 0 Å². The van der Waals surface area contributed by atoms with Crippen LogP contribution >= 0.6 is 0 Å². The van der Waals surface area contributed by atoms with Gasteiger partial charge in [-0.15, -0.1) is 0 Å². The van der Waals surface area contributed by atoms with Crippen molar-refractivity contribution in [3.05, 3.63) is 138 Å². The van der Waals surface area contributed by atoms with Gasteiger partial charge in [-0.2, -0.15) is 0 Å². The molecule has 0 radical (unpaired) electrons. The highest BCUT2D eigenvalue weighted by Gasteiger charge is 2.24. The Hall–Kier alpha value is -5.55. The number of furan rings is 1. The van der Waals surface area contributed by atoms with Crippen LogP contribution in [-0.4, -0.2) is 14.5 Å². The maximum Gasteiger partial charge on any atom is 0.227 e. The number of para-hydroxylation sites is 2. The number of rotatable bonds is 4. The van der Waals surface area contributed by atoms with Gasteiger partial charge >= 0.3 is 0 Å². The summed E-state index contributed by atoms with van der Waals surface area (Å²) in [4.78, 5) is 10.1. The van der Waals surface area contributed by atoms with Gasteiger partial charge < -0.3 is 4.42 Å². The number of pyridine rings is 1. The Bertz CT molecular complexity index is 2410. The Morgan fingerprint density at radius 1 is 0.696 bits per heavy atom. The second-order valence-corrected chi connectivity index (χ2v) is 12.9. The number of hydrogen-bond acceptors (Lipinski definition) is 3. The molecule has 46 heavy (non-hydrogen) atoms. The smallest absolute Gasteiger partial charge is 0.227 e. The van der Waals surface area contributed by atoms with E-state index in [4.69, 9.17) is 14.4 Å². The average Bonchev–Trinajstić information content (AvgIpc) is 3.64. The molecule has 5 aromatic carbocycles. The number of imidazole rings is 1. The highest BCUT2D eigenvalue weighted by molar-refractivity contribution is 6.10. The molecule has 3 aromatic heterocycles. The standard InChI is InChI=1S/C41H32FN3O/c1-25-14-20-31(38-37(25)30-21-22-33(44-40(30)46-38)27-15-18-29(42)19-16-27)39-43-34-12-8-9-13-36(34)45(39)35-23-17-28(41(2,3)4)24-32(35)26-10-6-5-7-11-26/h5-24H,1-4H3. The van der Waals surface area contributed by atoms with E-state index < -0.39 is 0 Å². The molecule has 0 fully saturated rings. The normalized spacial score (nSPS) is 12.0. The molecule has 8 rings (SSSR count). The topological polar surface area (TPSA) is 43.9 Å². The molecule has 0 saturated carbocycles. The van der Waals surface area contributed by atoms with Gasteiger partial charge in [0.1, 0.15) is 17.2 Å². The van der Waals surface area contributed by atoms with Crippen molar-refractivity contribution in [1.82, 2.24) is 14.5 Å². The summed E-state index contributed by atoms with van der Waals surface area (Å²) in [7, 11) is 0. The Kier molecular flexibility index (Phi) is 6.40. The fourth-order valence-corrected chi connectivity index (χ4v) is 6.38. The minimum atomic E-state index is -0.278. The maximum atomic E-state index is 13.6. The zero-order chi connectivity index (χ0) is 31.6. The van der Waals surface area contributed by atoms with Crippen molar-refractivity contribution in [3.63, 3.8) is 0 Å². The quantitative estimate of drug-likeness (QED) is 0.202. The molecule has 0 amide bonds. The molecule has 0 bridgehead atoms. The molecule has 0 aliphatic heterocycles. The molecule has 3 heterocycles. The van der Waals surface area contributed by atoms with Gasteiger partial charge in [-0.05, 0) is 95.8 Å². The van der Waals surface area contributed by atoms with Crippen LogP contribution in [-0.2, 0) is 5.41 Å². The molecular weight excluding hydrogens is 569 g/mol. The van der Waals surface area contributed by atoms with Gasteiger partial charge in [0.25, 0.3) is 0 Å². The predicted molar refractivity (Wildman–Crippen MR) is 186 cm³/mol. The van der Waals surface area contributed by atoms with Crippen molar-refractivity contribution in [2.45, 2.75) is 33.1 Å². The number of hydrogen-bond donors (Lipinski definition) is 0. The van der Waals surface area contributed by atoms with E-state index in [1.165, 1.54) is 17.7 Å². The third-order valence-electron chi connectivity index (χ3n) is 8.82. The average molecular weight is 602 g/mol. The first kappa shape index (κ1) is 28.0. The number of benzene rings is 5. The molecular formula is C41H32FN3O. The van der Waals surface area contributed by atoms with Crippen LogP contribution in [0.5, 0.6) is 0 Å². The van der Waals surface area contributed by atoms with E-state index in [1.807, 2.05) is 18.2 Å². The highest BCUT2D eigenvalue weighted by atomic mass is 19.1. The van der Waals surface area contributed by atoms with Crippen molar-refractivity contribution >= 4 is 33.1 Å². The van der Waals surface area contributed by atoms with Crippen LogP contribution in [0, 0.1) is 12.7 Å². The summed E-state index contributed by atoms with van der Waals surface area (Å²) in [5, 5.41) is 1.94. The number of fused-ring (bicyclic) bond motifs is 4. The SMILES string of the molecule is Cc1ccc(-c2nc3ccccc3n2-c2ccc(C(C)(C)C)cc2-c2ccccc2)c2oc3nc(-c4ccc(F)cc4)ccc3c12. The largest absolute Gasteiger partial charge is 0.437 e. The summed E-state index contributed by atoms with van der Waals surface area (Å²) in [6.07, 6.45) is 0. The minimum absolute atomic E-state index is 0.0148. The van der Waals surface area contributed by atoms with Crippen LogP contribution in [0.15, 0.2) is 126 Å². The van der Waals surface area contributed by atoms with Gasteiger partial charge in [0, 0.05) is 21.9 Å². The first-order valence-electron chi connectivity index (χ1n) is 15.5. The van der Waals surface area contributed by atoms with Crippen LogP contribution in [0.2, 0.25) is 0 Å². The summed E-state index contributed by atoms with van der Waals surface area (Å²) in [6.45, 7) is 8.83. The molecule has 5 heteroatoms. The summed E-state index contributed by atoms with van der Waals surface area (Å²) in [5.74, 6) is 0.518. The zero-order valence-electron chi connectivity index (χ0n) is 26.2. The van der Waals surface area contributed by atoms with Crippen molar-refractivity contribution < 1.29 is 8.81 Å². The molecule has 4 nitrogen and oxygen atoms in total. The van der Waals surface area contributed by atoms with Crippen LogP contribution in [0.25, 0.3) is 72.6 Å². The third kappa shape index (κ3) is 4.59. The molecule has 0 N–H and O–H groups in total. The van der Waals surface area contributed by atoms with E-state index in [9.17, 15) is 4.39 Å². The van der Waals surface area contributed by atoms with Gasteiger partial charge in [0.15, 0.2) is 0 Å². The van der Waals surface area contributed by atoms with Crippen molar-refractivity contribution in [1.29, 1.82) is 0 Å². The van der Waals surface area contributed by atoms with Gasteiger partial charge in [-0.25, -0.2) is 14.4 Å². The number of aromatic nitrogens is 3. The molecule has 0 unspecified atom stereocenters. The van der Waals surface area contributed by atoms with E-state index in [0.29, 0.717) is 5.71 Å². The molecule has 0 saturated heterocycles. The lowest BCUT2D eigenvalue weighted by molar-refractivity contribution is 0.590. The Morgan fingerprint density at radius 3 is 2.24 bits per heavy atom. The summed E-state index contributed by atoms with van der Waals surface area (Å²) in [5.41, 5.74) is 11.3. The van der Waals surface area contributed by atoms with Crippen LogP contribution in [0.4, 0.5) is 4.39 Å². The van der Waals surface area contributed by atoms with Gasteiger partial charge in [-0.1, -0.05) is 75.4 Å². The Labute approximate surface area is 266 Å². The lowest BCUT2D eigenvalue weighted by Gasteiger charge is -2.23. The first-order chi connectivity index (χ1) is 22.3. The number of halogens is 1. The molecule has 0 aliphatic carbocycles. The summed E-state index contributed by atoms with van der Waals surface area (Å²) >= 11 is 0. The fraction of sp³-hybridized carbons (Fsp3) is 0.122. The lowest BCUT2D eigenvalue weighted by atomic mass is 9.85. The van der Waals surface area contributed by atoms with Gasteiger partial charge in [-0.3, -0.25) is 4.57 Å². The monoisotopic (exact) mass is 601 g/mol. The molecule has 0 aliphatic rings. The fourth-order valence-electron chi connectivity index (χ4n) is 6.38. The van der Waals surface area contributed by atoms with Crippen molar-refractivity contribution in [3.8, 4) is 39.5 Å². The van der Waals surface area contributed by atoms with E-state index in [1.54, 1.807) is 12.1 Å². The van der Waals surface area contributed by atoms with Gasteiger partial charge in [0.2, 0.25) is 5.71 Å². The number of aryl methyl sites for hydroxylation is 1. The van der Waals surface area contributed by atoms with E-state index in [2.05, 4.69) is 111 Å². The molecule has 8 aromatic rings. The first-order valence-corrected chi connectivity index (χ1v) is 15.5. The van der Waals surface area contributed by atoms with Gasteiger partial charge in [0.05, 0.1) is 28.0 Å². The Balaban J connectivity index is 1.41. The molecule has 0 atom stereocenters. The lowest BCUT2D eigenvalue weighted by Crippen LogP contribution is -2.12. The summed E-state index contributed by atoms with van der Waals surface area (Å²) < 4.78 is 22.5. The summed E-state index contributed by atoms with van der Waals surface area (Å²) in [6, 6.07) is 40.2. The van der Waals surface area contributed by atoms with E-state index in [0.717, 1.165) is 72.4 Å². The number of nitrogens with zero attached hydrogens (tertiary/aromatic N) is 3. The Morgan fingerprint density at radius 2 is 1.46 bits per heavy atom. The van der Waals surface area contributed by atoms with Crippen LogP contribution in [0.1, 0.15) is 31.9 Å². The zero-order valence-corrected chi connectivity index (χ0v) is 26.2. The molecule has 0 spiro atoms. The minimum Gasteiger partial charge on any atom is -0.437 e. The third-order valence-corrected chi connectivity index (χ3v) is 8.82. The van der Waals surface area contributed by atoms with Crippen molar-refractivity contribution in [2.24, 2.45) is 0 Å². The molecule has 224 valence electrons. The predicted octanol–water partition coefficient (Wildman–Crippen LogP) is 11.1. The highest BCUT2D eigenvalue weighted by Crippen LogP contribution is 2.41. The second-order valence-electron chi connectivity index (χ2n) is 12.9. The van der Waals surface area contributed by atoms with Crippen LogP contribution < -0.4 is 0 Å².